The SMILES string of the molecule is CCNC(=O)CCN1CCOCC1CC(O)c1ccco1. The molecule has 0 bridgehead atoms. The molecule has 2 N–H and O–H groups in total. The third kappa shape index (κ3) is 4.84. The van der Waals surface area contributed by atoms with E-state index in [-0.39, 0.29) is 11.9 Å². The van der Waals surface area contributed by atoms with E-state index in [1.807, 2.05) is 6.92 Å². The minimum Gasteiger partial charge on any atom is -0.467 e. The van der Waals surface area contributed by atoms with Gasteiger partial charge in [-0.05, 0) is 25.5 Å². The van der Waals surface area contributed by atoms with Gasteiger partial charge in [-0.3, -0.25) is 9.69 Å². The average molecular weight is 296 g/mol. The van der Waals surface area contributed by atoms with Crippen molar-refractivity contribution in [3.63, 3.8) is 0 Å². The van der Waals surface area contributed by atoms with E-state index in [1.54, 1.807) is 18.4 Å². The number of hydrogen-bond donors (Lipinski definition) is 2. The predicted molar refractivity (Wildman–Crippen MR) is 77.8 cm³/mol. The molecule has 2 unspecified atom stereocenters. The fourth-order valence-corrected chi connectivity index (χ4v) is 2.59. The highest BCUT2D eigenvalue weighted by Gasteiger charge is 2.27. The second-order valence-corrected chi connectivity index (χ2v) is 5.24. The minimum absolute atomic E-state index is 0.0642. The molecule has 6 heteroatoms. The number of furan rings is 1. The van der Waals surface area contributed by atoms with Crippen LogP contribution < -0.4 is 5.32 Å². The number of aliphatic hydroxyl groups excluding tert-OH is 1. The third-order valence-electron chi connectivity index (χ3n) is 3.72. The summed E-state index contributed by atoms with van der Waals surface area (Å²) in [7, 11) is 0. The Morgan fingerprint density at radius 2 is 2.48 bits per heavy atom. The summed E-state index contributed by atoms with van der Waals surface area (Å²) in [4.78, 5) is 13.8. The Balaban J connectivity index is 1.85. The fourth-order valence-electron chi connectivity index (χ4n) is 2.59. The first-order valence-corrected chi connectivity index (χ1v) is 7.50. The zero-order valence-electron chi connectivity index (χ0n) is 12.5. The molecule has 6 nitrogen and oxygen atoms in total. The largest absolute Gasteiger partial charge is 0.467 e. The van der Waals surface area contributed by atoms with E-state index in [9.17, 15) is 9.90 Å². The molecular formula is C15H24N2O4. The number of hydrogen-bond acceptors (Lipinski definition) is 5. The molecule has 0 radical (unpaired) electrons. The van der Waals surface area contributed by atoms with Gasteiger partial charge < -0.3 is 19.6 Å². The lowest BCUT2D eigenvalue weighted by molar-refractivity contribution is -0.122. The van der Waals surface area contributed by atoms with E-state index < -0.39 is 6.10 Å². The zero-order valence-corrected chi connectivity index (χ0v) is 12.5. The Morgan fingerprint density at radius 1 is 1.62 bits per heavy atom. The molecule has 21 heavy (non-hydrogen) atoms. The van der Waals surface area contributed by atoms with Gasteiger partial charge in [-0.2, -0.15) is 0 Å². The standard InChI is InChI=1S/C15H24N2O4/c1-2-16-15(19)5-6-17-7-9-20-11-12(17)10-13(18)14-4-3-8-21-14/h3-4,8,12-13,18H,2,5-7,9-11H2,1H3,(H,16,19). The van der Waals surface area contributed by atoms with Gasteiger partial charge in [0.05, 0.1) is 19.5 Å². The van der Waals surface area contributed by atoms with Gasteiger partial charge >= 0.3 is 0 Å². The highest BCUT2D eigenvalue weighted by Crippen LogP contribution is 2.23. The maximum atomic E-state index is 11.6. The molecule has 0 spiro atoms. The van der Waals surface area contributed by atoms with Crippen molar-refractivity contribution >= 4 is 5.91 Å². The molecule has 1 amide bonds. The first kappa shape index (κ1) is 16.0. The van der Waals surface area contributed by atoms with Crippen molar-refractivity contribution in [1.82, 2.24) is 10.2 Å². The molecule has 1 aromatic heterocycles. The highest BCUT2D eigenvalue weighted by atomic mass is 16.5. The van der Waals surface area contributed by atoms with Crippen molar-refractivity contribution < 1.29 is 19.1 Å². The van der Waals surface area contributed by atoms with E-state index in [0.29, 0.717) is 44.9 Å². The number of nitrogens with zero attached hydrogens (tertiary/aromatic N) is 1. The summed E-state index contributed by atoms with van der Waals surface area (Å²) < 4.78 is 10.7. The summed E-state index contributed by atoms with van der Waals surface area (Å²) in [5.41, 5.74) is 0. The summed E-state index contributed by atoms with van der Waals surface area (Å²) >= 11 is 0. The Kier molecular flexibility index (Phi) is 6.22. The van der Waals surface area contributed by atoms with Gasteiger partial charge in [-0.25, -0.2) is 0 Å². The number of carbonyl (C=O) groups excluding carboxylic acids is 1. The molecule has 1 aliphatic rings. The van der Waals surface area contributed by atoms with Gasteiger partial charge in [0, 0.05) is 32.1 Å². The number of morpholine rings is 1. The van der Waals surface area contributed by atoms with Crippen LogP contribution in [-0.4, -0.2) is 54.8 Å². The van der Waals surface area contributed by atoms with Crippen molar-refractivity contribution in [3.05, 3.63) is 24.2 Å². The topological polar surface area (TPSA) is 74.9 Å². The summed E-state index contributed by atoms with van der Waals surface area (Å²) in [6, 6.07) is 3.64. The third-order valence-corrected chi connectivity index (χ3v) is 3.72. The summed E-state index contributed by atoms with van der Waals surface area (Å²) in [6.07, 6.45) is 1.94. The van der Waals surface area contributed by atoms with Crippen LogP contribution in [0.4, 0.5) is 0 Å². The monoisotopic (exact) mass is 296 g/mol. The number of carbonyl (C=O) groups is 1. The van der Waals surface area contributed by atoms with E-state index >= 15 is 0 Å². The molecule has 1 fully saturated rings. The summed E-state index contributed by atoms with van der Waals surface area (Å²) in [5, 5.41) is 13.0. The van der Waals surface area contributed by atoms with Crippen molar-refractivity contribution in [2.75, 3.05) is 32.8 Å². The number of nitrogens with one attached hydrogen (secondary N) is 1. The van der Waals surface area contributed by atoms with Gasteiger partial charge in [0.2, 0.25) is 5.91 Å². The number of rotatable bonds is 7. The normalized spacial score (nSPS) is 21.1. The molecule has 0 aromatic carbocycles. The first-order chi connectivity index (χ1) is 10.2. The van der Waals surface area contributed by atoms with Crippen molar-refractivity contribution in [2.24, 2.45) is 0 Å². The van der Waals surface area contributed by atoms with Crippen LogP contribution in [-0.2, 0) is 9.53 Å². The molecular weight excluding hydrogens is 272 g/mol. The molecule has 2 rings (SSSR count). The zero-order chi connectivity index (χ0) is 15.1. The number of amides is 1. The van der Waals surface area contributed by atoms with Gasteiger partial charge in [-0.1, -0.05) is 0 Å². The van der Waals surface area contributed by atoms with Crippen molar-refractivity contribution in [1.29, 1.82) is 0 Å². The molecule has 0 saturated carbocycles. The Labute approximate surface area is 125 Å². The highest BCUT2D eigenvalue weighted by molar-refractivity contribution is 5.75. The second kappa shape index (κ2) is 8.17. The Hall–Kier alpha value is -1.37. The van der Waals surface area contributed by atoms with Crippen LogP contribution in [0, 0.1) is 0 Å². The quantitative estimate of drug-likeness (QED) is 0.783. The maximum Gasteiger partial charge on any atom is 0.221 e. The van der Waals surface area contributed by atoms with Crippen LogP contribution in [0.25, 0.3) is 0 Å². The van der Waals surface area contributed by atoms with Crippen LogP contribution >= 0.6 is 0 Å². The molecule has 0 aliphatic carbocycles. The van der Waals surface area contributed by atoms with E-state index in [2.05, 4.69) is 10.2 Å². The molecule has 118 valence electrons. The average Bonchev–Trinajstić information content (AvgIpc) is 3.01. The maximum absolute atomic E-state index is 11.6. The molecule has 1 saturated heterocycles. The van der Waals surface area contributed by atoms with Gasteiger partial charge in [0.15, 0.2) is 0 Å². The summed E-state index contributed by atoms with van der Waals surface area (Å²) in [6.45, 7) is 5.29. The molecule has 2 atom stereocenters. The second-order valence-electron chi connectivity index (χ2n) is 5.24. The predicted octanol–water partition coefficient (Wildman–Crippen LogP) is 0.930. The number of aliphatic hydroxyl groups is 1. The summed E-state index contributed by atoms with van der Waals surface area (Å²) in [5.74, 6) is 0.638. The molecule has 1 aromatic rings. The smallest absolute Gasteiger partial charge is 0.221 e. The fraction of sp³-hybridized carbons (Fsp3) is 0.667. The minimum atomic E-state index is -0.640. The van der Waals surface area contributed by atoms with E-state index in [0.717, 1.165) is 6.54 Å². The number of ether oxygens (including phenoxy) is 1. The van der Waals surface area contributed by atoms with E-state index in [4.69, 9.17) is 9.15 Å². The van der Waals surface area contributed by atoms with Crippen LogP contribution in [0.5, 0.6) is 0 Å². The van der Waals surface area contributed by atoms with Crippen LogP contribution in [0.15, 0.2) is 22.8 Å². The first-order valence-electron chi connectivity index (χ1n) is 7.50. The van der Waals surface area contributed by atoms with Crippen LogP contribution in [0.2, 0.25) is 0 Å². The Bertz CT molecular complexity index is 421. The lowest BCUT2D eigenvalue weighted by atomic mass is 10.1. The van der Waals surface area contributed by atoms with Crippen LogP contribution in [0.1, 0.15) is 31.6 Å². The lowest BCUT2D eigenvalue weighted by Gasteiger charge is -2.36. The Morgan fingerprint density at radius 3 is 3.19 bits per heavy atom. The van der Waals surface area contributed by atoms with Crippen molar-refractivity contribution in [2.45, 2.75) is 31.9 Å². The van der Waals surface area contributed by atoms with Gasteiger partial charge in [0.25, 0.3) is 0 Å². The van der Waals surface area contributed by atoms with Crippen LogP contribution in [0.3, 0.4) is 0 Å². The molecule has 2 heterocycles. The van der Waals surface area contributed by atoms with Crippen molar-refractivity contribution in [3.8, 4) is 0 Å². The van der Waals surface area contributed by atoms with E-state index in [1.165, 1.54) is 0 Å². The lowest BCUT2D eigenvalue weighted by Crippen LogP contribution is -2.47. The van der Waals surface area contributed by atoms with Gasteiger partial charge in [-0.15, -0.1) is 0 Å². The van der Waals surface area contributed by atoms with Gasteiger partial charge in [0.1, 0.15) is 11.9 Å². The molecule has 1 aliphatic heterocycles.